The fourth-order valence-corrected chi connectivity index (χ4v) is 5.02. The van der Waals surface area contributed by atoms with Gasteiger partial charge < -0.3 is 18.9 Å². The van der Waals surface area contributed by atoms with E-state index in [2.05, 4.69) is 4.98 Å². The highest BCUT2D eigenvalue weighted by Gasteiger charge is 2.51. The largest absolute Gasteiger partial charge is 0.495 e. The quantitative estimate of drug-likeness (QED) is 0.498. The lowest BCUT2D eigenvalue weighted by Crippen LogP contribution is -2.42. The van der Waals surface area contributed by atoms with Gasteiger partial charge in [0.1, 0.15) is 35.4 Å². The second-order valence-electron chi connectivity index (χ2n) is 7.71. The second kappa shape index (κ2) is 8.33. The van der Waals surface area contributed by atoms with Gasteiger partial charge in [-0.15, -0.1) is 0 Å². The third kappa shape index (κ3) is 3.88. The van der Waals surface area contributed by atoms with Gasteiger partial charge in [0.15, 0.2) is 0 Å². The van der Waals surface area contributed by atoms with Crippen molar-refractivity contribution in [2.24, 2.45) is 0 Å². The van der Waals surface area contributed by atoms with E-state index in [1.165, 1.54) is 18.5 Å². The van der Waals surface area contributed by atoms with E-state index in [1.807, 2.05) is 6.07 Å². The van der Waals surface area contributed by atoms with Gasteiger partial charge >= 0.3 is 11.9 Å². The summed E-state index contributed by atoms with van der Waals surface area (Å²) >= 11 is 13.0. The van der Waals surface area contributed by atoms with E-state index in [4.69, 9.17) is 42.3 Å². The lowest BCUT2D eigenvalue weighted by atomic mass is 9.87. The Balaban J connectivity index is 1.81. The number of hydrogen-bond acceptors (Lipinski definition) is 8. The van der Waals surface area contributed by atoms with Crippen LogP contribution in [0.2, 0.25) is 5.02 Å². The van der Waals surface area contributed by atoms with Crippen molar-refractivity contribution in [3.63, 3.8) is 0 Å². The molecule has 2 aliphatic rings. The van der Waals surface area contributed by atoms with Crippen LogP contribution < -0.4 is 9.47 Å². The van der Waals surface area contributed by atoms with Gasteiger partial charge in [-0.1, -0.05) is 11.6 Å². The molecule has 0 saturated carbocycles. The fraction of sp³-hybridized carbons (Fsp3) is 0.476. The van der Waals surface area contributed by atoms with Gasteiger partial charge in [0.2, 0.25) is 0 Å². The summed E-state index contributed by atoms with van der Waals surface area (Å²) < 4.78 is 23.4. The van der Waals surface area contributed by atoms with Crippen LogP contribution in [0.25, 0.3) is 10.9 Å². The summed E-state index contributed by atoms with van der Waals surface area (Å²) in [5, 5.41) is 1.18. The maximum Gasteiger partial charge on any atom is 0.324 e. The minimum absolute atomic E-state index is 0.0433. The monoisotopic (exact) mass is 468 g/mol. The number of esters is 2. The Hall–Kier alpha value is -2.29. The van der Waals surface area contributed by atoms with Crippen LogP contribution in [0.1, 0.15) is 31.0 Å². The number of carbonyl (C=O) groups is 2. The normalized spacial score (nSPS) is 22.8. The van der Waals surface area contributed by atoms with Gasteiger partial charge in [-0.25, -0.2) is 9.40 Å². The first-order valence-corrected chi connectivity index (χ1v) is 10.5. The van der Waals surface area contributed by atoms with E-state index in [-0.39, 0.29) is 6.61 Å². The Morgan fingerprint density at radius 3 is 2.81 bits per heavy atom. The molecule has 4 rings (SSSR count). The molecule has 10 heteroatoms. The van der Waals surface area contributed by atoms with Crippen molar-refractivity contribution in [2.45, 2.75) is 44.4 Å². The van der Waals surface area contributed by atoms with E-state index in [0.29, 0.717) is 53.5 Å². The van der Waals surface area contributed by atoms with Crippen molar-refractivity contribution >= 4 is 46.2 Å². The zero-order chi connectivity index (χ0) is 22.3. The van der Waals surface area contributed by atoms with Crippen LogP contribution in [0.5, 0.6) is 11.5 Å². The van der Waals surface area contributed by atoms with Gasteiger partial charge in [-0.05, 0) is 36.8 Å². The number of ether oxygens (including phenoxy) is 4. The molecule has 0 radical (unpaired) electrons. The number of methoxy groups -OCH3 is 2. The maximum atomic E-state index is 12.1. The number of benzene rings is 1. The van der Waals surface area contributed by atoms with Crippen LogP contribution in [0.15, 0.2) is 12.1 Å². The number of nitrogens with zero attached hydrogens (tertiary/aromatic N) is 2. The summed E-state index contributed by atoms with van der Waals surface area (Å²) in [5.74, 6) is 0.203. The molecule has 2 aliphatic heterocycles. The number of aromatic nitrogens is 1. The zero-order valence-corrected chi connectivity index (χ0v) is 18.9. The third-order valence-electron chi connectivity index (χ3n) is 5.78. The molecule has 3 heterocycles. The highest BCUT2D eigenvalue weighted by molar-refractivity contribution is 6.37. The number of rotatable bonds is 4. The highest BCUT2D eigenvalue weighted by Crippen LogP contribution is 2.47. The molecule has 1 aromatic carbocycles. The van der Waals surface area contributed by atoms with Crippen molar-refractivity contribution in [2.75, 3.05) is 20.8 Å². The molecule has 2 atom stereocenters. The lowest BCUT2D eigenvalue weighted by Gasteiger charge is -2.36. The van der Waals surface area contributed by atoms with E-state index in [1.54, 1.807) is 13.2 Å². The predicted molar refractivity (Wildman–Crippen MR) is 113 cm³/mol. The number of pyridine rings is 1. The average molecular weight is 469 g/mol. The minimum Gasteiger partial charge on any atom is -0.495 e. The molecule has 0 aliphatic carbocycles. The average Bonchev–Trinajstić information content (AvgIpc) is 3.06. The maximum absolute atomic E-state index is 12.1. The Bertz CT molecular complexity index is 1060. The summed E-state index contributed by atoms with van der Waals surface area (Å²) in [5.41, 5.74) is 1.31. The van der Waals surface area contributed by atoms with Crippen molar-refractivity contribution < 1.29 is 28.5 Å². The predicted octanol–water partition coefficient (Wildman–Crippen LogP) is 3.42. The van der Waals surface area contributed by atoms with E-state index in [9.17, 15) is 9.59 Å². The van der Waals surface area contributed by atoms with Gasteiger partial charge in [0, 0.05) is 24.3 Å². The summed E-state index contributed by atoms with van der Waals surface area (Å²) in [6.07, 6.45) is 1.61. The summed E-state index contributed by atoms with van der Waals surface area (Å²) in [7, 11) is 2.88. The van der Waals surface area contributed by atoms with Crippen LogP contribution in [0, 0.1) is 0 Å². The molecule has 166 valence electrons. The van der Waals surface area contributed by atoms with Gasteiger partial charge in [-0.3, -0.25) is 9.59 Å². The molecule has 1 spiro atoms. The number of carbonyl (C=O) groups excluding carboxylic acids is 2. The molecule has 0 amide bonds. The van der Waals surface area contributed by atoms with E-state index >= 15 is 0 Å². The number of halogens is 2. The SMILES string of the molecule is COC(=O)[C@@H]1CC2(CCc3c(c(COC(C)=O)nc4ccc(OC)c(Cl)c34)O2)CN1Cl. The van der Waals surface area contributed by atoms with Crippen LogP contribution in [-0.4, -0.2) is 53.7 Å². The van der Waals surface area contributed by atoms with Crippen molar-refractivity contribution in [3.8, 4) is 11.5 Å². The number of fused-ring (bicyclic) bond motifs is 3. The van der Waals surface area contributed by atoms with Crippen LogP contribution in [-0.2, 0) is 32.1 Å². The molecule has 8 nitrogen and oxygen atoms in total. The number of aryl methyl sites for hydroxylation is 1. The standard InChI is InChI=1S/C21H22Cl2N2O6/c1-11(26)30-9-14-19-12(17-13(24-14)4-5-16(28-2)18(17)22)6-7-21(31-19)8-15(20(27)29-3)25(23)10-21/h4-5,15H,6-10H2,1-3H3/t15-,21?/m0/s1. The van der Waals surface area contributed by atoms with Crippen molar-refractivity contribution in [1.29, 1.82) is 0 Å². The molecule has 2 aromatic rings. The van der Waals surface area contributed by atoms with Crippen LogP contribution in [0.4, 0.5) is 0 Å². The van der Waals surface area contributed by atoms with Gasteiger partial charge in [0.05, 0.1) is 31.3 Å². The second-order valence-corrected chi connectivity index (χ2v) is 8.52. The molecule has 0 N–H and O–H groups in total. The smallest absolute Gasteiger partial charge is 0.324 e. The van der Waals surface area contributed by atoms with E-state index in [0.717, 1.165) is 10.9 Å². The first-order chi connectivity index (χ1) is 14.8. The first kappa shape index (κ1) is 21.9. The fourth-order valence-electron chi connectivity index (χ4n) is 4.31. The molecular weight excluding hydrogens is 447 g/mol. The van der Waals surface area contributed by atoms with E-state index < -0.39 is 23.6 Å². The first-order valence-electron chi connectivity index (χ1n) is 9.79. The van der Waals surface area contributed by atoms with Gasteiger partial charge in [0.25, 0.3) is 0 Å². The zero-order valence-electron chi connectivity index (χ0n) is 17.4. The summed E-state index contributed by atoms with van der Waals surface area (Å²) in [4.78, 5) is 28.2. The Morgan fingerprint density at radius 1 is 1.35 bits per heavy atom. The Morgan fingerprint density at radius 2 is 2.13 bits per heavy atom. The molecule has 1 aromatic heterocycles. The van der Waals surface area contributed by atoms with Crippen molar-refractivity contribution in [3.05, 3.63) is 28.4 Å². The molecule has 1 unspecified atom stereocenters. The molecule has 1 fully saturated rings. The minimum atomic E-state index is -0.695. The Kier molecular flexibility index (Phi) is 5.89. The molecule has 0 bridgehead atoms. The van der Waals surface area contributed by atoms with Crippen LogP contribution >= 0.6 is 23.4 Å². The third-order valence-corrected chi connectivity index (χ3v) is 6.51. The van der Waals surface area contributed by atoms with Crippen molar-refractivity contribution in [1.82, 2.24) is 9.40 Å². The molecular formula is C21H22Cl2N2O6. The molecule has 31 heavy (non-hydrogen) atoms. The highest BCUT2D eigenvalue weighted by atomic mass is 35.5. The number of hydrogen-bond donors (Lipinski definition) is 0. The molecule has 1 saturated heterocycles. The Labute approximate surface area is 189 Å². The summed E-state index contributed by atoms with van der Waals surface area (Å²) in [6, 6.07) is 2.95. The summed E-state index contributed by atoms with van der Waals surface area (Å²) in [6.45, 7) is 1.63. The lowest BCUT2D eigenvalue weighted by molar-refractivity contribution is -0.145. The van der Waals surface area contributed by atoms with Gasteiger partial charge in [-0.2, -0.15) is 0 Å². The van der Waals surface area contributed by atoms with Crippen LogP contribution in [0.3, 0.4) is 0 Å². The topological polar surface area (TPSA) is 87.2 Å².